The molecule has 1 N–H and O–H groups in total. The summed E-state index contributed by atoms with van der Waals surface area (Å²) in [6.07, 6.45) is 0. The number of hydrogen-bond acceptors (Lipinski definition) is 5. The number of sulfonamides is 1. The highest BCUT2D eigenvalue weighted by atomic mass is 32.2. The summed E-state index contributed by atoms with van der Waals surface area (Å²) < 4.78 is 28.4. The molecular formula is C21H24N4O4S. The summed E-state index contributed by atoms with van der Waals surface area (Å²) in [5, 5.41) is 7.63. The molecule has 1 amide bonds. The third kappa shape index (κ3) is 3.86. The molecule has 158 valence electrons. The summed E-state index contributed by atoms with van der Waals surface area (Å²) >= 11 is 0. The van der Waals surface area contributed by atoms with Crippen LogP contribution in [-0.4, -0.2) is 41.5 Å². The Morgan fingerprint density at radius 1 is 1.10 bits per heavy atom. The van der Waals surface area contributed by atoms with Gasteiger partial charge in [-0.2, -0.15) is 9.40 Å². The number of benzene rings is 2. The molecule has 1 heterocycles. The van der Waals surface area contributed by atoms with Gasteiger partial charge in [-0.25, -0.2) is 13.1 Å². The van der Waals surface area contributed by atoms with Crippen molar-refractivity contribution in [3.8, 4) is 0 Å². The Kier molecular flexibility index (Phi) is 6.04. The van der Waals surface area contributed by atoms with E-state index in [4.69, 9.17) is 0 Å². The third-order valence-electron chi connectivity index (χ3n) is 4.94. The van der Waals surface area contributed by atoms with Crippen molar-refractivity contribution in [2.45, 2.75) is 25.7 Å². The van der Waals surface area contributed by atoms with Gasteiger partial charge in [0.1, 0.15) is 0 Å². The van der Waals surface area contributed by atoms with E-state index < -0.39 is 15.9 Å². The van der Waals surface area contributed by atoms with Crippen LogP contribution < -0.4 is 10.9 Å². The Morgan fingerprint density at radius 3 is 2.37 bits per heavy atom. The van der Waals surface area contributed by atoms with Crippen LogP contribution in [0.3, 0.4) is 0 Å². The lowest BCUT2D eigenvalue weighted by atomic mass is 10.1. The predicted octanol–water partition coefficient (Wildman–Crippen LogP) is 2.52. The van der Waals surface area contributed by atoms with Gasteiger partial charge in [0.2, 0.25) is 10.0 Å². The minimum absolute atomic E-state index is 0.0847. The molecule has 0 bridgehead atoms. The highest BCUT2D eigenvalue weighted by molar-refractivity contribution is 7.89. The standard InChI is InChI=1S/C21H24N4O4S/c1-5-25(6-2)30(28,29)18-13-15(12-11-14(18)3)22-20(26)19-16-9-7-8-10-17(16)21(27)24(4)23-19/h7-13H,5-6H2,1-4H3,(H,22,26). The van der Waals surface area contributed by atoms with E-state index in [-0.39, 0.29) is 16.1 Å². The van der Waals surface area contributed by atoms with Gasteiger partial charge in [-0.3, -0.25) is 9.59 Å². The van der Waals surface area contributed by atoms with Gasteiger partial charge in [0.15, 0.2) is 5.69 Å². The molecule has 0 aliphatic rings. The van der Waals surface area contributed by atoms with E-state index in [1.807, 2.05) is 0 Å². The van der Waals surface area contributed by atoms with Crippen LogP contribution in [0.4, 0.5) is 5.69 Å². The summed E-state index contributed by atoms with van der Waals surface area (Å²) in [7, 11) is -2.20. The van der Waals surface area contributed by atoms with Crippen LogP contribution in [0.5, 0.6) is 0 Å². The molecule has 0 aliphatic heterocycles. The van der Waals surface area contributed by atoms with Gasteiger partial charge in [-0.1, -0.05) is 38.1 Å². The summed E-state index contributed by atoms with van der Waals surface area (Å²) in [5.74, 6) is -0.531. The molecule has 30 heavy (non-hydrogen) atoms. The Bertz CT molecular complexity index is 1280. The highest BCUT2D eigenvalue weighted by Gasteiger charge is 2.24. The molecule has 1 aromatic heterocycles. The van der Waals surface area contributed by atoms with Crippen LogP contribution in [-0.2, 0) is 17.1 Å². The third-order valence-corrected chi connectivity index (χ3v) is 7.13. The number of fused-ring (bicyclic) bond motifs is 1. The normalized spacial score (nSPS) is 11.8. The molecule has 0 radical (unpaired) electrons. The second-order valence-electron chi connectivity index (χ2n) is 6.85. The van der Waals surface area contributed by atoms with Crippen molar-refractivity contribution in [3.05, 3.63) is 64.1 Å². The molecule has 3 rings (SSSR count). The van der Waals surface area contributed by atoms with Crippen molar-refractivity contribution in [2.24, 2.45) is 7.05 Å². The maximum atomic E-state index is 12.9. The summed E-state index contributed by atoms with van der Waals surface area (Å²) in [4.78, 5) is 25.3. The van der Waals surface area contributed by atoms with Crippen molar-refractivity contribution in [1.29, 1.82) is 0 Å². The Morgan fingerprint density at radius 2 is 1.73 bits per heavy atom. The van der Waals surface area contributed by atoms with E-state index in [1.54, 1.807) is 57.2 Å². The first-order valence-electron chi connectivity index (χ1n) is 9.58. The average molecular weight is 429 g/mol. The molecular weight excluding hydrogens is 404 g/mol. The number of nitrogens with one attached hydrogen (secondary N) is 1. The second kappa shape index (κ2) is 8.37. The topological polar surface area (TPSA) is 101 Å². The van der Waals surface area contributed by atoms with Crippen molar-refractivity contribution in [2.75, 3.05) is 18.4 Å². The molecule has 0 unspecified atom stereocenters. The van der Waals surface area contributed by atoms with Gasteiger partial charge >= 0.3 is 0 Å². The monoisotopic (exact) mass is 428 g/mol. The van der Waals surface area contributed by atoms with Gasteiger partial charge in [0, 0.05) is 31.2 Å². The summed E-state index contributed by atoms with van der Waals surface area (Å²) in [6.45, 7) is 5.96. The smallest absolute Gasteiger partial charge is 0.276 e. The van der Waals surface area contributed by atoms with Gasteiger partial charge in [-0.15, -0.1) is 0 Å². The first-order valence-corrected chi connectivity index (χ1v) is 11.0. The van der Waals surface area contributed by atoms with Crippen LogP contribution in [0.15, 0.2) is 52.2 Å². The first kappa shape index (κ1) is 21.7. The van der Waals surface area contributed by atoms with Gasteiger partial charge < -0.3 is 5.32 Å². The van der Waals surface area contributed by atoms with Gasteiger partial charge in [0.05, 0.1) is 10.3 Å². The minimum Gasteiger partial charge on any atom is -0.321 e. The maximum absolute atomic E-state index is 12.9. The summed E-state index contributed by atoms with van der Waals surface area (Å²) in [6, 6.07) is 11.5. The SMILES string of the molecule is CCN(CC)S(=O)(=O)c1cc(NC(=O)c2nn(C)c(=O)c3ccccc23)ccc1C. The number of anilines is 1. The average Bonchev–Trinajstić information content (AvgIpc) is 2.72. The Labute approximate surface area is 175 Å². The molecule has 0 aliphatic carbocycles. The number of rotatable bonds is 6. The first-order chi connectivity index (χ1) is 14.2. The highest BCUT2D eigenvalue weighted by Crippen LogP contribution is 2.24. The predicted molar refractivity (Wildman–Crippen MR) is 116 cm³/mol. The van der Waals surface area contributed by atoms with Crippen LogP contribution >= 0.6 is 0 Å². The second-order valence-corrected chi connectivity index (χ2v) is 8.75. The Hall–Kier alpha value is -3.04. The fourth-order valence-electron chi connectivity index (χ4n) is 3.32. The number of carbonyl (C=O) groups is 1. The number of carbonyl (C=O) groups excluding carboxylic acids is 1. The molecule has 9 heteroatoms. The number of hydrogen-bond donors (Lipinski definition) is 1. The fourth-order valence-corrected chi connectivity index (χ4v) is 5.02. The fraction of sp³-hybridized carbons (Fsp3) is 0.286. The van der Waals surface area contributed by atoms with Gasteiger partial charge in [0.25, 0.3) is 11.5 Å². The van der Waals surface area contributed by atoms with Crippen LogP contribution in [0.25, 0.3) is 10.8 Å². The number of aryl methyl sites for hydroxylation is 2. The number of nitrogens with zero attached hydrogens (tertiary/aromatic N) is 3. The zero-order chi connectivity index (χ0) is 22.1. The van der Waals surface area contributed by atoms with E-state index in [0.29, 0.717) is 35.1 Å². The molecule has 3 aromatic rings. The lowest BCUT2D eigenvalue weighted by molar-refractivity contribution is 0.102. The quantitative estimate of drug-likeness (QED) is 0.650. The number of aromatic nitrogens is 2. The largest absolute Gasteiger partial charge is 0.321 e. The van der Waals surface area contributed by atoms with Crippen LogP contribution in [0.1, 0.15) is 29.9 Å². The van der Waals surface area contributed by atoms with Crippen molar-refractivity contribution in [1.82, 2.24) is 14.1 Å². The zero-order valence-corrected chi connectivity index (χ0v) is 18.2. The molecule has 2 aromatic carbocycles. The van der Waals surface area contributed by atoms with E-state index in [2.05, 4.69) is 10.4 Å². The maximum Gasteiger partial charge on any atom is 0.276 e. The lowest BCUT2D eigenvalue weighted by Crippen LogP contribution is -2.31. The van der Waals surface area contributed by atoms with E-state index >= 15 is 0 Å². The van der Waals surface area contributed by atoms with Crippen LogP contribution in [0, 0.1) is 6.92 Å². The van der Waals surface area contributed by atoms with E-state index in [1.165, 1.54) is 17.4 Å². The number of amides is 1. The lowest BCUT2D eigenvalue weighted by Gasteiger charge is -2.20. The Balaban J connectivity index is 2.03. The molecule has 8 nitrogen and oxygen atoms in total. The van der Waals surface area contributed by atoms with E-state index in [9.17, 15) is 18.0 Å². The van der Waals surface area contributed by atoms with Crippen molar-refractivity contribution >= 4 is 32.4 Å². The van der Waals surface area contributed by atoms with Crippen LogP contribution in [0.2, 0.25) is 0 Å². The molecule has 0 saturated heterocycles. The van der Waals surface area contributed by atoms with Gasteiger partial charge in [-0.05, 0) is 30.7 Å². The van der Waals surface area contributed by atoms with Crippen molar-refractivity contribution in [3.63, 3.8) is 0 Å². The van der Waals surface area contributed by atoms with Crippen molar-refractivity contribution < 1.29 is 13.2 Å². The molecule has 0 atom stereocenters. The molecule has 0 spiro atoms. The zero-order valence-electron chi connectivity index (χ0n) is 17.3. The van der Waals surface area contributed by atoms with E-state index in [0.717, 1.165) is 4.68 Å². The molecule has 0 fully saturated rings. The molecule has 0 saturated carbocycles. The summed E-state index contributed by atoms with van der Waals surface area (Å²) in [5.41, 5.74) is 0.702. The minimum atomic E-state index is -3.68.